The predicted octanol–water partition coefficient (Wildman–Crippen LogP) is 3.49. The van der Waals surface area contributed by atoms with Crippen molar-refractivity contribution in [1.82, 2.24) is 9.55 Å². The van der Waals surface area contributed by atoms with E-state index in [0.29, 0.717) is 11.5 Å². The van der Waals surface area contributed by atoms with Crippen LogP contribution in [0.15, 0.2) is 54.9 Å². The van der Waals surface area contributed by atoms with Crippen LogP contribution in [0, 0.1) is 5.82 Å². The van der Waals surface area contributed by atoms with Gasteiger partial charge in [0.1, 0.15) is 17.9 Å². The minimum atomic E-state index is -0.348. The second kappa shape index (κ2) is 6.25. The maximum absolute atomic E-state index is 13.7. The Kier molecular flexibility index (Phi) is 3.93. The second-order valence-electron chi connectivity index (χ2n) is 5.66. The smallest absolute Gasteiger partial charge is 0.235 e. The Morgan fingerprint density at radius 3 is 2.88 bits per heavy atom. The molecular formula is C18H14FN3O2S. The summed E-state index contributed by atoms with van der Waals surface area (Å²) in [5.74, 6) is 0.380. The highest BCUT2D eigenvalue weighted by Crippen LogP contribution is 2.42. The van der Waals surface area contributed by atoms with Crippen molar-refractivity contribution in [3.8, 4) is 11.4 Å². The number of thioether (sulfide) groups is 1. The van der Waals surface area contributed by atoms with Crippen molar-refractivity contribution < 1.29 is 14.3 Å². The average molecular weight is 355 g/mol. The normalized spacial score (nSPS) is 16.8. The minimum absolute atomic E-state index is 0.140. The molecule has 0 aliphatic carbocycles. The Bertz CT molecular complexity index is 957. The van der Waals surface area contributed by atoms with Crippen LogP contribution in [0.2, 0.25) is 0 Å². The fourth-order valence-electron chi connectivity index (χ4n) is 2.88. The van der Waals surface area contributed by atoms with Gasteiger partial charge in [0.05, 0.1) is 16.7 Å². The number of hydrogen-bond acceptors (Lipinski definition) is 4. The molecule has 25 heavy (non-hydrogen) atoms. The summed E-state index contributed by atoms with van der Waals surface area (Å²) in [7, 11) is 0. The topological polar surface area (TPSA) is 67.1 Å². The van der Waals surface area contributed by atoms with E-state index >= 15 is 0 Å². The molecular weight excluding hydrogens is 341 g/mol. The minimum Gasteiger partial charge on any atom is -0.508 e. The van der Waals surface area contributed by atoms with Gasteiger partial charge in [-0.1, -0.05) is 18.2 Å². The van der Waals surface area contributed by atoms with E-state index in [1.165, 1.54) is 23.9 Å². The van der Waals surface area contributed by atoms with Gasteiger partial charge in [0.15, 0.2) is 5.82 Å². The maximum atomic E-state index is 13.7. The van der Waals surface area contributed by atoms with Gasteiger partial charge in [-0.3, -0.25) is 9.36 Å². The number of halogens is 1. The van der Waals surface area contributed by atoms with E-state index in [-0.39, 0.29) is 28.5 Å². The number of phenolic OH excluding ortho intramolecular Hbond substituents is 1. The van der Waals surface area contributed by atoms with E-state index in [4.69, 9.17) is 0 Å². The highest BCUT2D eigenvalue weighted by molar-refractivity contribution is 8.00. The largest absolute Gasteiger partial charge is 0.508 e. The Labute approximate surface area is 147 Å². The van der Waals surface area contributed by atoms with E-state index in [1.807, 2.05) is 6.07 Å². The summed E-state index contributed by atoms with van der Waals surface area (Å²) in [6.45, 7) is 0. The van der Waals surface area contributed by atoms with Crippen LogP contribution in [0.5, 0.6) is 5.75 Å². The van der Waals surface area contributed by atoms with Gasteiger partial charge < -0.3 is 10.4 Å². The predicted molar refractivity (Wildman–Crippen MR) is 94.6 cm³/mol. The third-order valence-corrected chi connectivity index (χ3v) is 5.21. The number of nitrogens with zero attached hydrogens (tertiary/aromatic N) is 2. The fourth-order valence-corrected chi connectivity index (χ4v) is 4.00. The summed E-state index contributed by atoms with van der Waals surface area (Å²) in [6, 6.07) is 13.1. The SMILES string of the molecule is O=C1CSC(c2cccc(O)c2)c2c(ncn2-c2cccc(F)c2)N1. The van der Waals surface area contributed by atoms with E-state index < -0.39 is 0 Å². The molecule has 0 radical (unpaired) electrons. The van der Waals surface area contributed by atoms with Gasteiger partial charge in [0.2, 0.25) is 5.91 Å². The lowest BCUT2D eigenvalue weighted by Crippen LogP contribution is -2.12. The van der Waals surface area contributed by atoms with Crippen molar-refractivity contribution >= 4 is 23.5 Å². The first-order chi connectivity index (χ1) is 12.1. The summed E-state index contributed by atoms with van der Waals surface area (Å²) >= 11 is 1.44. The molecule has 1 aromatic heterocycles. The molecule has 1 amide bonds. The molecule has 1 aliphatic rings. The average Bonchev–Trinajstić information content (AvgIpc) is 2.91. The van der Waals surface area contributed by atoms with Crippen molar-refractivity contribution in [3.05, 3.63) is 71.9 Å². The molecule has 1 atom stereocenters. The number of benzene rings is 2. The summed E-state index contributed by atoms with van der Waals surface area (Å²) in [5.41, 5.74) is 2.21. The zero-order chi connectivity index (χ0) is 17.4. The van der Waals surface area contributed by atoms with Crippen molar-refractivity contribution in [2.24, 2.45) is 0 Å². The molecule has 0 saturated carbocycles. The van der Waals surface area contributed by atoms with E-state index in [1.54, 1.807) is 41.2 Å². The summed E-state index contributed by atoms with van der Waals surface area (Å²) in [5, 5.41) is 12.4. The van der Waals surface area contributed by atoms with Gasteiger partial charge >= 0.3 is 0 Å². The quantitative estimate of drug-likeness (QED) is 0.738. The summed E-state index contributed by atoms with van der Waals surface area (Å²) in [6.07, 6.45) is 1.57. The summed E-state index contributed by atoms with van der Waals surface area (Å²) < 4.78 is 15.4. The third kappa shape index (κ3) is 2.98. The molecule has 4 rings (SSSR count). The first-order valence-corrected chi connectivity index (χ1v) is 8.70. The van der Waals surface area contributed by atoms with Gasteiger partial charge in [0.25, 0.3) is 0 Å². The zero-order valence-corrected chi connectivity index (χ0v) is 13.8. The number of amides is 1. The van der Waals surface area contributed by atoms with Crippen LogP contribution in [-0.2, 0) is 4.79 Å². The van der Waals surface area contributed by atoms with E-state index in [0.717, 1.165) is 11.3 Å². The number of anilines is 1. The van der Waals surface area contributed by atoms with Crippen molar-refractivity contribution in [1.29, 1.82) is 0 Å². The molecule has 5 nitrogen and oxygen atoms in total. The highest BCUT2D eigenvalue weighted by Gasteiger charge is 2.29. The number of aromatic hydroxyl groups is 1. The number of phenols is 1. The highest BCUT2D eigenvalue weighted by atomic mass is 32.2. The summed E-state index contributed by atoms with van der Waals surface area (Å²) in [4.78, 5) is 16.3. The Morgan fingerprint density at radius 1 is 1.24 bits per heavy atom. The van der Waals surface area contributed by atoms with Crippen LogP contribution < -0.4 is 5.32 Å². The maximum Gasteiger partial charge on any atom is 0.235 e. The molecule has 126 valence electrons. The number of nitrogens with one attached hydrogen (secondary N) is 1. The molecule has 0 fully saturated rings. The number of rotatable bonds is 2. The molecule has 0 spiro atoms. The number of carbonyl (C=O) groups is 1. The van der Waals surface area contributed by atoms with Crippen LogP contribution >= 0.6 is 11.8 Å². The lowest BCUT2D eigenvalue weighted by molar-refractivity contribution is -0.113. The molecule has 0 bridgehead atoms. The van der Waals surface area contributed by atoms with Gasteiger partial charge in [0, 0.05) is 5.69 Å². The van der Waals surface area contributed by atoms with E-state index in [9.17, 15) is 14.3 Å². The molecule has 1 unspecified atom stereocenters. The standard InChI is InChI=1S/C18H14FN3O2S/c19-12-4-2-5-13(8-12)22-10-20-18-16(22)17(25-9-15(24)21-18)11-3-1-6-14(23)7-11/h1-8,10,17,23H,9H2,(H,21,24). The molecule has 2 heterocycles. The van der Waals surface area contributed by atoms with Gasteiger partial charge in [-0.25, -0.2) is 9.37 Å². The van der Waals surface area contributed by atoms with Crippen LogP contribution in [0.25, 0.3) is 5.69 Å². The second-order valence-corrected chi connectivity index (χ2v) is 6.76. The zero-order valence-electron chi connectivity index (χ0n) is 13.0. The first kappa shape index (κ1) is 15.7. The third-order valence-electron chi connectivity index (χ3n) is 3.95. The number of hydrogen-bond donors (Lipinski definition) is 2. The molecule has 7 heteroatoms. The molecule has 1 aliphatic heterocycles. The van der Waals surface area contributed by atoms with Gasteiger partial charge in [-0.2, -0.15) is 0 Å². The van der Waals surface area contributed by atoms with E-state index in [2.05, 4.69) is 10.3 Å². The fraction of sp³-hybridized carbons (Fsp3) is 0.111. The first-order valence-electron chi connectivity index (χ1n) is 7.65. The molecule has 3 aromatic rings. The number of carbonyl (C=O) groups excluding carboxylic acids is 1. The van der Waals surface area contributed by atoms with Crippen molar-refractivity contribution in [2.75, 3.05) is 11.1 Å². The van der Waals surface area contributed by atoms with Gasteiger partial charge in [-0.15, -0.1) is 11.8 Å². The molecule has 0 saturated heterocycles. The van der Waals surface area contributed by atoms with Crippen LogP contribution in [-0.4, -0.2) is 26.3 Å². The molecule has 2 N–H and O–H groups in total. The number of imidazole rings is 1. The van der Waals surface area contributed by atoms with Gasteiger partial charge in [-0.05, 0) is 35.9 Å². The van der Waals surface area contributed by atoms with Crippen molar-refractivity contribution in [3.63, 3.8) is 0 Å². The number of fused-ring (bicyclic) bond motifs is 1. The lowest BCUT2D eigenvalue weighted by Gasteiger charge is -2.18. The van der Waals surface area contributed by atoms with Crippen LogP contribution in [0.4, 0.5) is 10.2 Å². The molecule has 2 aromatic carbocycles. The Hall–Kier alpha value is -2.80. The van der Waals surface area contributed by atoms with Crippen LogP contribution in [0.3, 0.4) is 0 Å². The Morgan fingerprint density at radius 2 is 2.08 bits per heavy atom. The lowest BCUT2D eigenvalue weighted by atomic mass is 10.1. The number of aromatic nitrogens is 2. The Balaban J connectivity index is 1.89. The van der Waals surface area contributed by atoms with Crippen LogP contribution in [0.1, 0.15) is 16.5 Å². The monoisotopic (exact) mass is 355 g/mol. The van der Waals surface area contributed by atoms with Crippen molar-refractivity contribution in [2.45, 2.75) is 5.25 Å².